The van der Waals surface area contributed by atoms with E-state index < -0.39 is 105 Å². The highest BCUT2D eigenvalue weighted by atomic mass is 16.4. The van der Waals surface area contributed by atoms with E-state index in [1.807, 2.05) is 20.8 Å². The molecule has 63 heavy (non-hydrogen) atoms. The van der Waals surface area contributed by atoms with Crippen LogP contribution in [0, 0.1) is 39.4 Å². The highest BCUT2D eigenvalue weighted by Gasteiger charge is 2.68. The standard InChI is InChI=1S/C45H59N5O13/c1-21-35-23(9-11-29(52)53)40(3,4)26(46-35)18-27-45(16-14-32(58)59)43(7,19-28(51)49-45)38(47-27)22(2)36-24(10-12-30(54)55)42(6,20-34(62)63)44(8,50-36)39-25(17-33(60)61)41(5,37(21)48-39)15-13-31(56)57/h18,23-25,39,47H,9-17,19-20H2,1-8H3,(H,49,51)(H,52,53)(H,54,55)(H,56,57)(H,58,59)(H,60,61)(H,62,63)/b27-18-,35-21-,38-22-/t23-,24-,25+,39?,41-,42+,43-,44-,45+/m1/s1. The maximum absolute atomic E-state index is 13.8. The minimum atomic E-state index is -1.59. The highest BCUT2D eigenvalue weighted by molar-refractivity contribution is 6.10. The normalized spacial score (nSPS) is 38.2. The molecule has 0 aliphatic carbocycles. The Morgan fingerprint density at radius 2 is 1.32 bits per heavy atom. The van der Waals surface area contributed by atoms with E-state index in [1.165, 1.54) is 0 Å². The van der Waals surface area contributed by atoms with Gasteiger partial charge in [0.25, 0.3) is 0 Å². The molecule has 0 saturated carbocycles. The summed E-state index contributed by atoms with van der Waals surface area (Å²) >= 11 is 0. The molecule has 8 bridgehead atoms. The van der Waals surface area contributed by atoms with Gasteiger partial charge in [-0.15, -0.1) is 0 Å². The minimum absolute atomic E-state index is 0.0564. The second-order valence-electron chi connectivity index (χ2n) is 19.8. The maximum Gasteiger partial charge on any atom is 0.304 e. The van der Waals surface area contributed by atoms with Crippen LogP contribution in [0.15, 0.2) is 49.3 Å². The van der Waals surface area contributed by atoms with Gasteiger partial charge in [0.1, 0.15) is 0 Å². The van der Waals surface area contributed by atoms with Gasteiger partial charge in [0, 0.05) is 106 Å². The minimum Gasteiger partial charge on any atom is -0.481 e. The number of allylic oxidation sites excluding steroid dienone is 4. The van der Waals surface area contributed by atoms with Crippen LogP contribution in [0.25, 0.3) is 0 Å². The van der Waals surface area contributed by atoms with E-state index in [0.29, 0.717) is 45.4 Å². The Hall–Kier alpha value is -5.68. The van der Waals surface area contributed by atoms with Crippen molar-refractivity contribution in [3.05, 3.63) is 34.3 Å². The number of nitrogens with zero attached hydrogens (tertiary/aromatic N) is 3. The summed E-state index contributed by atoms with van der Waals surface area (Å²) in [6, 6.07) is -1.12. The average molecular weight is 878 g/mol. The molecule has 1 unspecified atom stereocenters. The third kappa shape index (κ3) is 7.35. The largest absolute Gasteiger partial charge is 0.481 e. The lowest BCUT2D eigenvalue weighted by atomic mass is 9.55. The van der Waals surface area contributed by atoms with Gasteiger partial charge in [0.05, 0.1) is 30.0 Å². The number of carboxylic acid groups (broad SMARTS) is 6. The van der Waals surface area contributed by atoms with Crippen molar-refractivity contribution < 1.29 is 64.2 Å². The van der Waals surface area contributed by atoms with Gasteiger partial charge in [-0.05, 0) is 63.7 Å². The fourth-order valence-corrected chi connectivity index (χ4v) is 12.3. The van der Waals surface area contributed by atoms with Gasteiger partial charge in [-0.25, -0.2) is 0 Å². The number of amides is 1. The lowest BCUT2D eigenvalue weighted by Crippen LogP contribution is -2.55. The van der Waals surface area contributed by atoms with Gasteiger partial charge < -0.3 is 41.3 Å². The van der Waals surface area contributed by atoms with Crippen LogP contribution in [0.5, 0.6) is 0 Å². The second-order valence-corrected chi connectivity index (χ2v) is 19.8. The predicted octanol–water partition coefficient (Wildman–Crippen LogP) is 5.09. The fourth-order valence-electron chi connectivity index (χ4n) is 12.3. The number of aliphatic imine (C=N–C) groups is 3. The monoisotopic (exact) mass is 877 g/mol. The van der Waals surface area contributed by atoms with Crippen molar-refractivity contribution in [2.45, 2.75) is 143 Å². The Labute approximate surface area is 364 Å². The summed E-state index contributed by atoms with van der Waals surface area (Å²) < 4.78 is 0. The van der Waals surface area contributed by atoms with Crippen molar-refractivity contribution >= 4 is 58.9 Å². The van der Waals surface area contributed by atoms with Crippen LogP contribution in [0.2, 0.25) is 0 Å². The number of hydrogen-bond donors (Lipinski definition) is 8. The molecule has 6 rings (SSSR count). The number of aliphatic carboxylic acids is 6. The van der Waals surface area contributed by atoms with E-state index in [9.17, 15) is 64.2 Å². The predicted molar refractivity (Wildman–Crippen MR) is 227 cm³/mol. The molecule has 18 nitrogen and oxygen atoms in total. The lowest BCUT2D eigenvalue weighted by Gasteiger charge is -2.48. The topological polar surface area (TPSA) is 302 Å². The molecular formula is C45H59N5O13. The summed E-state index contributed by atoms with van der Waals surface area (Å²) in [4.78, 5) is 105. The molecule has 0 aromatic carbocycles. The Kier molecular flexibility index (Phi) is 11.8. The van der Waals surface area contributed by atoms with Gasteiger partial charge in [0.15, 0.2) is 0 Å². The molecule has 6 aliphatic rings. The first-order valence-corrected chi connectivity index (χ1v) is 21.4. The van der Waals surface area contributed by atoms with Gasteiger partial charge in [0.2, 0.25) is 5.91 Å². The molecule has 0 radical (unpaired) electrons. The van der Waals surface area contributed by atoms with Crippen molar-refractivity contribution in [1.29, 1.82) is 0 Å². The van der Waals surface area contributed by atoms with E-state index in [-0.39, 0.29) is 63.7 Å². The van der Waals surface area contributed by atoms with Crippen molar-refractivity contribution in [1.82, 2.24) is 10.6 Å². The van der Waals surface area contributed by atoms with Crippen molar-refractivity contribution in [3.8, 4) is 0 Å². The van der Waals surface area contributed by atoms with Crippen LogP contribution < -0.4 is 10.6 Å². The smallest absolute Gasteiger partial charge is 0.304 e. The number of carbonyl (C=O) groups is 7. The molecule has 342 valence electrons. The summed E-state index contributed by atoms with van der Waals surface area (Å²) in [6.07, 6.45) is -0.867. The Balaban J connectivity index is 1.81. The zero-order valence-electron chi connectivity index (χ0n) is 37.0. The number of hydrogen-bond acceptors (Lipinski definition) is 11. The molecular weight excluding hydrogens is 819 g/mol. The number of rotatable bonds is 16. The first kappa shape index (κ1) is 46.8. The number of carbonyl (C=O) groups excluding carboxylic acids is 1. The molecule has 0 spiro atoms. The number of fused-ring (bicyclic) bond motifs is 9. The third-order valence-electron chi connectivity index (χ3n) is 15.9. The lowest BCUT2D eigenvalue weighted by molar-refractivity contribution is -0.143. The zero-order chi connectivity index (χ0) is 47.0. The van der Waals surface area contributed by atoms with Crippen LogP contribution in [-0.4, -0.2) is 107 Å². The SMILES string of the molecule is C/C1=C2N=C(/C=C3\N/C(=C(/C)C4=N[C@](C)(C5N=C1[C@](C)(CCC(=O)O)[C@H]5CC(=O)O)[C@@](C)(CC(=O)O)[C@@H]4CCC(=O)O)[C@@]1(C)CC(=O)N[C@@]31CCC(=O)O)C(C)(C)[C@@H]/2CCC(=O)O. The molecule has 18 heteroatoms. The molecule has 6 aliphatic heterocycles. The second kappa shape index (κ2) is 15.8. The molecule has 9 atom stereocenters. The summed E-state index contributed by atoms with van der Waals surface area (Å²) in [7, 11) is 0. The quantitative estimate of drug-likeness (QED) is 0.100. The molecule has 8 N–H and O–H groups in total. The first-order valence-electron chi connectivity index (χ1n) is 21.4. The Morgan fingerprint density at radius 3 is 1.87 bits per heavy atom. The van der Waals surface area contributed by atoms with Crippen molar-refractivity contribution in [3.63, 3.8) is 0 Å². The molecule has 2 fully saturated rings. The molecule has 2 saturated heterocycles. The third-order valence-corrected chi connectivity index (χ3v) is 15.9. The van der Waals surface area contributed by atoms with E-state index in [2.05, 4.69) is 10.6 Å². The van der Waals surface area contributed by atoms with Crippen LogP contribution in [-0.2, 0) is 33.6 Å². The van der Waals surface area contributed by atoms with Crippen LogP contribution in [0.4, 0.5) is 0 Å². The maximum atomic E-state index is 13.8. The van der Waals surface area contributed by atoms with Crippen LogP contribution >= 0.6 is 0 Å². The number of carboxylic acids is 6. The van der Waals surface area contributed by atoms with E-state index in [1.54, 1.807) is 40.7 Å². The fraction of sp³-hybridized carbons (Fsp3) is 0.644. The van der Waals surface area contributed by atoms with Crippen LogP contribution in [0.3, 0.4) is 0 Å². The number of nitrogens with one attached hydrogen (secondary N) is 2. The molecule has 0 aromatic rings. The van der Waals surface area contributed by atoms with Gasteiger partial charge >= 0.3 is 35.8 Å². The molecule has 6 heterocycles. The van der Waals surface area contributed by atoms with Gasteiger partial charge in [-0.2, -0.15) is 0 Å². The highest BCUT2D eigenvalue weighted by Crippen LogP contribution is 2.63. The average Bonchev–Trinajstić information content (AvgIpc) is 3.82. The van der Waals surface area contributed by atoms with Crippen LogP contribution in [0.1, 0.15) is 126 Å². The first-order chi connectivity index (χ1) is 29.1. The Morgan fingerprint density at radius 1 is 0.746 bits per heavy atom. The van der Waals surface area contributed by atoms with Gasteiger partial charge in [-0.3, -0.25) is 48.5 Å². The Bertz CT molecular complexity index is 2290. The summed E-state index contributed by atoms with van der Waals surface area (Å²) in [5.41, 5.74) is -4.33. The van der Waals surface area contributed by atoms with Gasteiger partial charge in [-0.1, -0.05) is 34.6 Å². The summed E-state index contributed by atoms with van der Waals surface area (Å²) in [5.74, 6) is -9.70. The molecule has 1 amide bonds. The van der Waals surface area contributed by atoms with E-state index >= 15 is 0 Å². The molecule has 0 aromatic heterocycles. The van der Waals surface area contributed by atoms with Crippen molar-refractivity contribution in [2.24, 2.45) is 54.4 Å². The summed E-state index contributed by atoms with van der Waals surface area (Å²) in [5, 5.41) is 68.1. The zero-order valence-corrected chi connectivity index (χ0v) is 37.0. The van der Waals surface area contributed by atoms with Crippen molar-refractivity contribution in [2.75, 3.05) is 0 Å². The van der Waals surface area contributed by atoms with E-state index in [0.717, 1.165) is 0 Å². The summed E-state index contributed by atoms with van der Waals surface area (Å²) in [6.45, 7) is 14.3. The van der Waals surface area contributed by atoms with E-state index in [4.69, 9.17) is 15.0 Å².